The minimum Gasteiger partial charge on any atom is -1.00 e. The van der Waals surface area contributed by atoms with E-state index < -0.39 is 5.91 Å². The zero-order valence-corrected chi connectivity index (χ0v) is 14.5. The molecule has 1 aromatic rings. The summed E-state index contributed by atoms with van der Waals surface area (Å²) in [7, 11) is 6.00. The zero-order chi connectivity index (χ0) is 12.9. The molecule has 0 N–H and O–H groups in total. The van der Waals surface area contributed by atoms with Crippen molar-refractivity contribution in [2.75, 3.05) is 21.3 Å². The Morgan fingerprint density at radius 2 is 1.94 bits per heavy atom. The van der Waals surface area contributed by atoms with E-state index in [-0.39, 0.29) is 18.5 Å². The van der Waals surface area contributed by atoms with Gasteiger partial charge in [0.15, 0.2) is 6.10 Å². The topological polar surface area (TPSA) is 36.5 Å². The number of nitrogens with zero attached hydrogens (tertiary/aromatic N) is 2. The molecule has 7 heteroatoms. The van der Waals surface area contributed by atoms with E-state index in [1.54, 1.807) is 21.3 Å². The fourth-order valence-electron chi connectivity index (χ4n) is 2.06. The molecule has 1 heterocycles. The molecule has 5 nitrogen and oxygen atoms in total. The number of halogens is 1. The summed E-state index contributed by atoms with van der Waals surface area (Å²) in [5.74, 6) is -0.878. The molecule has 0 spiro atoms. The molecular formula is C11H23ClN2O3Si. The third-order valence-corrected chi connectivity index (χ3v) is 3.81. The second-order valence-electron chi connectivity index (χ2n) is 3.82. The Morgan fingerprint density at radius 1 is 1.33 bits per heavy atom. The third kappa shape index (κ3) is 3.13. The molecular weight excluding hydrogens is 272 g/mol. The van der Waals surface area contributed by atoms with Crippen molar-refractivity contribution >= 4 is 10.2 Å². The Morgan fingerprint density at radius 3 is 2.28 bits per heavy atom. The highest BCUT2D eigenvalue weighted by Crippen LogP contribution is 2.26. The summed E-state index contributed by atoms with van der Waals surface area (Å²) in [6, 6.07) is 0.933. The lowest BCUT2D eigenvalue weighted by molar-refractivity contribution is -0.694. The van der Waals surface area contributed by atoms with Crippen LogP contribution in [0.1, 0.15) is 6.92 Å². The summed E-state index contributed by atoms with van der Waals surface area (Å²) in [5, 5.41) is 0. The Kier molecular flexibility index (Phi) is 7.73. The van der Waals surface area contributed by atoms with Gasteiger partial charge in [-0.15, -0.1) is 0 Å². The molecule has 0 saturated heterocycles. The van der Waals surface area contributed by atoms with E-state index in [4.69, 9.17) is 14.2 Å². The Labute approximate surface area is 118 Å². The fraction of sp³-hybridized carbons (Fsp3) is 0.727. The molecule has 0 aromatic carbocycles. The molecule has 1 atom stereocenters. The Hall–Kier alpha value is -0.403. The minimum atomic E-state index is -0.878. The smallest absolute Gasteiger partial charge is 0.353 e. The van der Waals surface area contributed by atoms with Gasteiger partial charge >= 0.3 is 5.91 Å². The van der Waals surface area contributed by atoms with Crippen LogP contribution in [0, 0.1) is 0 Å². The second-order valence-corrected chi connectivity index (χ2v) is 4.64. The Balaban J connectivity index is 0.00000289. The van der Waals surface area contributed by atoms with Crippen LogP contribution in [-0.2, 0) is 26.7 Å². The van der Waals surface area contributed by atoms with Crippen LogP contribution in [0.2, 0.25) is 6.04 Å². The average Bonchev–Trinajstić information content (AvgIpc) is 2.85. The lowest BCUT2D eigenvalue weighted by Crippen LogP contribution is -3.00. The highest BCUT2D eigenvalue weighted by atomic mass is 35.5. The van der Waals surface area contributed by atoms with E-state index >= 15 is 0 Å². The molecule has 1 unspecified atom stereocenters. The number of aromatic nitrogens is 2. The van der Waals surface area contributed by atoms with E-state index in [1.807, 2.05) is 23.3 Å². The molecule has 1 rings (SSSR count). The van der Waals surface area contributed by atoms with E-state index in [9.17, 15) is 0 Å². The van der Waals surface area contributed by atoms with Gasteiger partial charge in [0.25, 0.3) is 0 Å². The van der Waals surface area contributed by atoms with Crippen LogP contribution in [0.25, 0.3) is 0 Å². The maximum atomic E-state index is 5.60. The van der Waals surface area contributed by atoms with Crippen molar-refractivity contribution in [3.63, 3.8) is 0 Å². The molecule has 0 bridgehead atoms. The summed E-state index contributed by atoms with van der Waals surface area (Å²) in [5.41, 5.74) is 0. The van der Waals surface area contributed by atoms with Gasteiger partial charge in [0, 0.05) is 31.6 Å². The van der Waals surface area contributed by atoms with E-state index in [1.165, 1.54) is 0 Å². The van der Waals surface area contributed by atoms with Gasteiger partial charge in [0.05, 0.1) is 6.54 Å². The SMILES string of the molecule is CC[n+]1ccn(C(OC)(OC)C(C[SiH3])OC)c1.[Cl-]. The van der Waals surface area contributed by atoms with Gasteiger partial charge < -0.3 is 26.6 Å². The minimum absolute atomic E-state index is 0. The van der Waals surface area contributed by atoms with Crippen molar-refractivity contribution in [3.8, 4) is 0 Å². The highest BCUT2D eigenvalue weighted by molar-refractivity contribution is 6.08. The second kappa shape index (κ2) is 7.91. The van der Waals surface area contributed by atoms with E-state index in [2.05, 4.69) is 11.5 Å². The van der Waals surface area contributed by atoms with E-state index in [0.717, 1.165) is 22.8 Å². The van der Waals surface area contributed by atoms with Crippen LogP contribution in [0.4, 0.5) is 0 Å². The number of methoxy groups -OCH3 is 3. The quantitative estimate of drug-likeness (QED) is 0.298. The van der Waals surface area contributed by atoms with Crippen LogP contribution in [0.5, 0.6) is 0 Å². The van der Waals surface area contributed by atoms with Gasteiger partial charge in [0.2, 0.25) is 6.33 Å². The van der Waals surface area contributed by atoms with Crippen LogP contribution in [0.15, 0.2) is 18.7 Å². The van der Waals surface area contributed by atoms with Gasteiger partial charge in [-0.3, -0.25) is 0 Å². The predicted molar refractivity (Wildman–Crippen MR) is 67.8 cm³/mol. The molecule has 0 aliphatic heterocycles. The average molecular weight is 295 g/mol. The van der Waals surface area contributed by atoms with Crippen molar-refractivity contribution in [3.05, 3.63) is 18.7 Å². The molecule has 0 aliphatic carbocycles. The summed E-state index contributed by atoms with van der Waals surface area (Å²) >= 11 is 0. The fourth-order valence-corrected chi connectivity index (χ4v) is 2.91. The summed E-state index contributed by atoms with van der Waals surface area (Å²) in [6.07, 6.45) is 5.80. The molecule has 0 saturated carbocycles. The van der Waals surface area contributed by atoms with Crippen molar-refractivity contribution in [1.82, 2.24) is 4.57 Å². The van der Waals surface area contributed by atoms with Crippen molar-refractivity contribution in [1.29, 1.82) is 0 Å². The van der Waals surface area contributed by atoms with Crippen LogP contribution < -0.4 is 17.0 Å². The van der Waals surface area contributed by atoms with Gasteiger partial charge in [0.1, 0.15) is 12.4 Å². The van der Waals surface area contributed by atoms with Gasteiger partial charge in [-0.2, -0.15) is 4.57 Å². The molecule has 1 aromatic heterocycles. The number of imidazole rings is 1. The van der Waals surface area contributed by atoms with Crippen LogP contribution in [-0.4, -0.2) is 42.2 Å². The molecule has 0 amide bonds. The predicted octanol–water partition coefficient (Wildman–Crippen LogP) is -3.50. The van der Waals surface area contributed by atoms with Crippen molar-refractivity contribution in [2.45, 2.75) is 31.5 Å². The summed E-state index contributed by atoms with van der Waals surface area (Å²) in [4.78, 5) is 0. The number of hydrogen-bond donors (Lipinski definition) is 0. The number of ether oxygens (including phenoxy) is 3. The number of aryl methyl sites for hydroxylation is 1. The first-order chi connectivity index (χ1) is 8.18. The lowest BCUT2D eigenvalue weighted by atomic mass is 10.3. The van der Waals surface area contributed by atoms with Crippen LogP contribution >= 0.6 is 0 Å². The third-order valence-electron chi connectivity index (χ3n) is 3.06. The number of rotatable bonds is 7. The van der Waals surface area contributed by atoms with E-state index in [0.29, 0.717) is 0 Å². The molecule has 0 radical (unpaired) electrons. The maximum Gasteiger partial charge on any atom is 0.353 e. The molecule has 0 fully saturated rings. The van der Waals surface area contributed by atoms with Gasteiger partial charge in [-0.05, 0) is 13.0 Å². The number of hydrogen-bond acceptors (Lipinski definition) is 3. The molecule has 18 heavy (non-hydrogen) atoms. The van der Waals surface area contributed by atoms with Crippen molar-refractivity contribution in [2.24, 2.45) is 0 Å². The normalized spacial score (nSPS) is 13.3. The first kappa shape index (κ1) is 17.6. The Bertz CT molecular complexity index is 341. The zero-order valence-electron chi connectivity index (χ0n) is 11.7. The standard InChI is InChI=1S/C11H23N2O3Si.ClH/c1-5-12-6-7-13(9-12)11(15-3,16-4)10(8-17)14-2;/h6-7,9-10H,5,8H2,1-4,17H3;1H/q+1;/p-1. The summed E-state index contributed by atoms with van der Waals surface area (Å²) in [6.45, 7) is 3.00. The lowest BCUT2D eigenvalue weighted by Gasteiger charge is -2.32. The molecule has 0 aliphatic rings. The van der Waals surface area contributed by atoms with Crippen molar-refractivity contribution < 1.29 is 31.2 Å². The highest BCUT2D eigenvalue weighted by Gasteiger charge is 2.46. The van der Waals surface area contributed by atoms with Gasteiger partial charge in [-0.25, -0.2) is 4.57 Å². The first-order valence-corrected chi connectivity index (χ1v) is 7.30. The molecule has 106 valence electrons. The van der Waals surface area contributed by atoms with Crippen LogP contribution in [0.3, 0.4) is 0 Å². The first-order valence-electron chi connectivity index (χ1n) is 5.89. The largest absolute Gasteiger partial charge is 1.00 e. The maximum absolute atomic E-state index is 5.60. The van der Waals surface area contributed by atoms with Gasteiger partial charge in [-0.1, -0.05) is 0 Å². The monoisotopic (exact) mass is 294 g/mol. The summed E-state index contributed by atoms with van der Waals surface area (Å²) < 4.78 is 20.7.